The maximum atomic E-state index is 12.4. The van der Waals surface area contributed by atoms with Crippen molar-refractivity contribution in [3.63, 3.8) is 0 Å². The highest BCUT2D eigenvalue weighted by molar-refractivity contribution is 8.13. The minimum absolute atomic E-state index is 0.462. The van der Waals surface area contributed by atoms with Crippen LogP contribution in [0.5, 0.6) is 0 Å². The molecule has 0 fully saturated rings. The topological polar surface area (TPSA) is 73.1 Å². The largest absolute Gasteiger partial charge is 0.396 e. The molecule has 0 saturated carbocycles. The van der Waals surface area contributed by atoms with Gasteiger partial charge in [-0.25, -0.2) is 22.2 Å². The smallest absolute Gasteiger partial charge is 0.278 e. The van der Waals surface area contributed by atoms with E-state index in [1.165, 1.54) is 0 Å². The third kappa shape index (κ3) is 2.67. The predicted molar refractivity (Wildman–Crippen MR) is 51.7 cm³/mol. The second-order valence-electron chi connectivity index (χ2n) is 2.49. The molecule has 4 nitrogen and oxygen atoms in total. The number of nitrogens with zero attached hydrogens (tertiary/aromatic N) is 1. The first-order valence-electron chi connectivity index (χ1n) is 3.42. The first kappa shape index (κ1) is 12.4. The molecule has 0 radical (unpaired) electrons. The Morgan fingerprint density at radius 2 is 2.00 bits per heavy atom. The highest BCUT2D eigenvalue weighted by Gasteiger charge is 2.21. The highest BCUT2D eigenvalue weighted by atomic mass is 35.7. The molecule has 1 aromatic rings. The van der Waals surface area contributed by atoms with Crippen LogP contribution in [-0.2, 0) is 9.05 Å². The Balaban J connectivity index is 3.50. The Kier molecular flexibility index (Phi) is 3.37. The van der Waals surface area contributed by atoms with Gasteiger partial charge in [0, 0.05) is 16.2 Å². The van der Waals surface area contributed by atoms with Crippen molar-refractivity contribution in [2.24, 2.45) is 0 Å². The third-order valence-corrected chi connectivity index (χ3v) is 2.98. The number of aromatic nitrogens is 1. The summed E-state index contributed by atoms with van der Waals surface area (Å²) in [5.74, 6) is 0. The zero-order valence-electron chi connectivity index (χ0n) is 6.92. The van der Waals surface area contributed by atoms with Crippen molar-refractivity contribution in [1.29, 1.82) is 0 Å². The van der Waals surface area contributed by atoms with Gasteiger partial charge in [-0.15, -0.1) is 0 Å². The first-order valence-corrected chi connectivity index (χ1v) is 6.11. The fourth-order valence-corrected chi connectivity index (χ4v) is 1.78. The third-order valence-electron chi connectivity index (χ3n) is 1.51. The van der Waals surface area contributed by atoms with E-state index in [2.05, 4.69) is 4.98 Å². The second kappa shape index (κ2) is 4.07. The van der Waals surface area contributed by atoms with Crippen LogP contribution < -0.4 is 5.73 Å². The molecule has 0 aliphatic rings. The van der Waals surface area contributed by atoms with Crippen LogP contribution in [0, 0.1) is 0 Å². The van der Waals surface area contributed by atoms with Gasteiger partial charge in [0.05, 0.1) is 5.69 Å². The number of anilines is 1. The fourth-order valence-electron chi connectivity index (χ4n) is 0.825. The Morgan fingerprint density at radius 1 is 1.47 bits per heavy atom. The molecular formula is C6H4Cl2F2N2O2S. The average Bonchev–Trinajstić information content (AvgIpc) is 2.06. The van der Waals surface area contributed by atoms with Crippen molar-refractivity contribution in [3.8, 4) is 0 Å². The van der Waals surface area contributed by atoms with Gasteiger partial charge >= 0.3 is 0 Å². The van der Waals surface area contributed by atoms with Crippen LogP contribution in [0.2, 0.25) is 5.15 Å². The molecule has 0 aromatic carbocycles. The summed E-state index contributed by atoms with van der Waals surface area (Å²) >= 11 is 5.38. The molecule has 1 aromatic heterocycles. The number of halogens is 4. The van der Waals surface area contributed by atoms with Crippen LogP contribution in [0.4, 0.5) is 14.5 Å². The molecule has 84 valence electrons. The zero-order valence-corrected chi connectivity index (χ0v) is 9.24. The number of rotatable bonds is 2. The van der Waals surface area contributed by atoms with E-state index in [4.69, 9.17) is 28.0 Å². The number of nitrogen functional groups attached to an aromatic ring is 1. The summed E-state index contributed by atoms with van der Waals surface area (Å²) in [6.07, 6.45) is -2.96. The van der Waals surface area contributed by atoms with Crippen molar-refractivity contribution in [3.05, 3.63) is 16.8 Å². The molecule has 0 bridgehead atoms. The molecule has 0 amide bonds. The number of pyridine rings is 1. The average molecular weight is 277 g/mol. The quantitative estimate of drug-likeness (QED) is 0.664. The van der Waals surface area contributed by atoms with Crippen LogP contribution in [-0.4, -0.2) is 13.4 Å². The van der Waals surface area contributed by atoms with Gasteiger partial charge in [-0.2, -0.15) is 0 Å². The summed E-state index contributed by atoms with van der Waals surface area (Å²) in [5.41, 5.74) is 4.01. The van der Waals surface area contributed by atoms with Gasteiger partial charge < -0.3 is 5.73 Å². The summed E-state index contributed by atoms with van der Waals surface area (Å²) in [7, 11) is 0.715. The molecule has 0 saturated heterocycles. The van der Waals surface area contributed by atoms with Gasteiger partial charge in [0.15, 0.2) is 10.2 Å². The number of hydrogen-bond donors (Lipinski definition) is 1. The van der Waals surface area contributed by atoms with Crippen LogP contribution >= 0.6 is 22.3 Å². The van der Waals surface area contributed by atoms with Crippen LogP contribution in [0.25, 0.3) is 0 Å². The van der Waals surface area contributed by atoms with Gasteiger partial charge in [-0.05, 0) is 6.07 Å². The maximum Gasteiger partial charge on any atom is 0.278 e. The van der Waals surface area contributed by atoms with E-state index in [1.54, 1.807) is 0 Å². The molecule has 0 aliphatic carbocycles. The van der Waals surface area contributed by atoms with E-state index in [-0.39, 0.29) is 0 Å². The lowest BCUT2D eigenvalue weighted by Gasteiger charge is -2.07. The van der Waals surface area contributed by atoms with Crippen LogP contribution in [0.15, 0.2) is 11.1 Å². The van der Waals surface area contributed by atoms with Gasteiger partial charge in [0.25, 0.3) is 15.5 Å². The van der Waals surface area contributed by atoms with Crippen LogP contribution in [0.3, 0.4) is 0 Å². The molecule has 1 rings (SSSR count). The van der Waals surface area contributed by atoms with Crippen LogP contribution in [0.1, 0.15) is 12.0 Å². The molecular weight excluding hydrogens is 273 g/mol. The van der Waals surface area contributed by atoms with Crippen molar-refractivity contribution in [2.75, 3.05) is 5.73 Å². The SMILES string of the molecule is Nc1c(C(F)F)cc(S(=O)(=O)Cl)nc1Cl. The van der Waals surface area contributed by atoms with E-state index < -0.39 is 36.9 Å². The van der Waals surface area contributed by atoms with Crippen molar-refractivity contribution < 1.29 is 17.2 Å². The number of hydrogen-bond acceptors (Lipinski definition) is 4. The van der Waals surface area contributed by atoms with Gasteiger partial charge in [-0.1, -0.05) is 11.6 Å². The Labute approximate surface area is 93.4 Å². The minimum Gasteiger partial charge on any atom is -0.396 e. The molecule has 0 aliphatic heterocycles. The fraction of sp³-hybridized carbons (Fsp3) is 0.167. The number of nitrogens with two attached hydrogens (primary N) is 1. The standard InChI is InChI=1S/C6H4Cl2F2N2O2S/c7-5-4(11)2(6(9)10)1-3(12-5)15(8,13)14/h1,6H,11H2. The van der Waals surface area contributed by atoms with E-state index in [1.807, 2.05) is 0 Å². The lowest BCUT2D eigenvalue weighted by Crippen LogP contribution is -2.03. The summed E-state index contributed by atoms with van der Waals surface area (Å²) < 4.78 is 46.4. The summed E-state index contributed by atoms with van der Waals surface area (Å²) in [4.78, 5) is 3.27. The summed E-state index contributed by atoms with van der Waals surface area (Å²) in [5, 5.41) is -1.27. The maximum absolute atomic E-state index is 12.4. The van der Waals surface area contributed by atoms with Crippen molar-refractivity contribution in [2.45, 2.75) is 11.5 Å². The molecule has 0 atom stereocenters. The van der Waals surface area contributed by atoms with E-state index >= 15 is 0 Å². The van der Waals surface area contributed by atoms with E-state index in [9.17, 15) is 17.2 Å². The summed E-state index contributed by atoms with van der Waals surface area (Å²) in [6.45, 7) is 0. The normalized spacial score (nSPS) is 12.1. The van der Waals surface area contributed by atoms with Gasteiger partial charge in [0.2, 0.25) is 0 Å². The number of alkyl halides is 2. The molecule has 0 spiro atoms. The second-order valence-corrected chi connectivity index (χ2v) is 5.36. The molecule has 0 unspecified atom stereocenters. The Bertz CT molecular complexity index is 492. The first-order chi connectivity index (χ1) is 6.73. The molecule has 15 heavy (non-hydrogen) atoms. The van der Waals surface area contributed by atoms with E-state index in [0.717, 1.165) is 0 Å². The monoisotopic (exact) mass is 276 g/mol. The highest BCUT2D eigenvalue weighted by Crippen LogP contribution is 2.31. The molecule has 9 heteroatoms. The van der Waals surface area contributed by atoms with Gasteiger partial charge in [-0.3, -0.25) is 0 Å². The van der Waals surface area contributed by atoms with Gasteiger partial charge in [0.1, 0.15) is 0 Å². The predicted octanol–water partition coefficient (Wildman–Crippen LogP) is 2.18. The lowest BCUT2D eigenvalue weighted by molar-refractivity contribution is 0.152. The molecule has 2 N–H and O–H groups in total. The molecule has 1 heterocycles. The van der Waals surface area contributed by atoms with E-state index in [0.29, 0.717) is 6.07 Å². The summed E-state index contributed by atoms with van der Waals surface area (Å²) in [6, 6.07) is 0.591. The van der Waals surface area contributed by atoms with Crippen molar-refractivity contribution in [1.82, 2.24) is 4.98 Å². The Morgan fingerprint density at radius 3 is 2.40 bits per heavy atom. The zero-order chi connectivity index (χ0) is 11.8. The van der Waals surface area contributed by atoms with Crippen molar-refractivity contribution >= 4 is 37.0 Å². The lowest BCUT2D eigenvalue weighted by atomic mass is 10.2. The minimum atomic E-state index is -4.21. The Hall–Kier alpha value is -0.660.